The predicted molar refractivity (Wildman–Crippen MR) is 161 cm³/mol. The molecular weight excluding hydrogens is 701 g/mol. The Bertz CT molecular complexity index is 1240. The minimum absolute atomic E-state index is 0.323. The number of esters is 3. The molecule has 0 heterocycles. The van der Waals surface area contributed by atoms with Crippen molar-refractivity contribution in [3.05, 3.63) is 108 Å². The second-order valence-corrected chi connectivity index (χ2v) is 17.0. The molecule has 0 radical (unpaired) electrons. The molecule has 0 aromatic heterocycles. The van der Waals surface area contributed by atoms with Crippen LogP contribution in [-0.2, 0) is 28.6 Å². The van der Waals surface area contributed by atoms with Gasteiger partial charge in [0.25, 0.3) is 0 Å². The van der Waals surface area contributed by atoms with Crippen molar-refractivity contribution in [2.75, 3.05) is 19.8 Å². The number of ether oxygens (including phenoxy) is 3. The Morgan fingerprint density at radius 3 is 1.12 bits per heavy atom. The monoisotopic (exact) mass is 734 g/mol. The summed E-state index contributed by atoms with van der Waals surface area (Å²) in [5, 5.41) is 0. The Labute approximate surface area is 243 Å². The summed E-state index contributed by atoms with van der Waals surface area (Å²) in [5.41, 5.74) is 2.71. The first-order valence-electron chi connectivity index (χ1n) is 13.1. The molecule has 0 aliphatic carbocycles. The van der Waals surface area contributed by atoms with E-state index in [9.17, 15) is 14.4 Å². The molecule has 0 spiro atoms. The Morgan fingerprint density at radius 1 is 0.550 bits per heavy atom. The van der Waals surface area contributed by atoms with E-state index in [0.29, 0.717) is 19.8 Å². The second kappa shape index (κ2) is 16.3. The van der Waals surface area contributed by atoms with Crippen molar-refractivity contribution in [2.45, 2.75) is 20.8 Å². The van der Waals surface area contributed by atoms with Crippen LogP contribution in [0.5, 0.6) is 0 Å². The van der Waals surface area contributed by atoms with E-state index < -0.39 is 21.8 Å². The second-order valence-electron chi connectivity index (χ2n) is 8.38. The first-order valence-corrected chi connectivity index (χ1v) is 18.3. The molecule has 0 aliphatic heterocycles. The predicted octanol–water partition coefficient (Wildman–Crippen LogP) is 3.93. The summed E-state index contributed by atoms with van der Waals surface area (Å²) in [6, 6.07) is 24.6. The summed E-state index contributed by atoms with van der Waals surface area (Å²) in [7, 11) is 0. The Morgan fingerprint density at radius 2 is 0.850 bits per heavy atom. The van der Waals surface area contributed by atoms with Crippen LogP contribution in [0.2, 0.25) is 0 Å². The zero-order valence-corrected chi connectivity index (χ0v) is 26.4. The van der Waals surface area contributed by atoms with Gasteiger partial charge in [-0.25, -0.2) is 0 Å². The van der Waals surface area contributed by atoms with Crippen LogP contribution in [0.25, 0.3) is 18.2 Å². The van der Waals surface area contributed by atoms with E-state index in [0.717, 1.165) is 16.7 Å². The average Bonchev–Trinajstić information content (AvgIpc) is 2.95. The van der Waals surface area contributed by atoms with Crippen LogP contribution < -0.4 is 9.81 Å². The molecule has 0 fully saturated rings. The fourth-order valence-electron chi connectivity index (χ4n) is 3.81. The van der Waals surface area contributed by atoms with Gasteiger partial charge in [-0.1, -0.05) is 0 Å². The van der Waals surface area contributed by atoms with E-state index in [2.05, 4.69) is 36.4 Å². The van der Waals surface area contributed by atoms with Crippen LogP contribution in [0.4, 0.5) is 0 Å². The Kier molecular flexibility index (Phi) is 12.5. The van der Waals surface area contributed by atoms with Crippen LogP contribution in [0.15, 0.2) is 91.0 Å². The number of carbonyl (C=O) groups is 3. The van der Waals surface area contributed by atoms with E-state index in [-0.39, 0.29) is 17.9 Å². The van der Waals surface area contributed by atoms with E-state index in [1.54, 1.807) is 39.0 Å². The molecular formula is C33H33BiO6. The third kappa shape index (κ3) is 9.73. The Balaban J connectivity index is 2.06. The summed E-state index contributed by atoms with van der Waals surface area (Å²) < 4.78 is 18.7. The maximum atomic E-state index is 11.9. The zero-order valence-electron chi connectivity index (χ0n) is 22.9. The van der Waals surface area contributed by atoms with Gasteiger partial charge in [0.1, 0.15) is 0 Å². The fourth-order valence-corrected chi connectivity index (χ4v) is 13.3. The van der Waals surface area contributed by atoms with Gasteiger partial charge in [0.15, 0.2) is 0 Å². The molecule has 6 nitrogen and oxygen atoms in total. The number of carbonyl (C=O) groups excluding carboxylic acids is 3. The van der Waals surface area contributed by atoms with E-state index in [1.165, 1.54) is 28.0 Å². The number of hydrogen-bond acceptors (Lipinski definition) is 6. The van der Waals surface area contributed by atoms with Gasteiger partial charge in [-0.2, -0.15) is 0 Å². The van der Waals surface area contributed by atoms with Crippen molar-refractivity contribution in [3.8, 4) is 0 Å². The molecule has 0 aliphatic rings. The maximum absolute atomic E-state index is 11.9. The van der Waals surface area contributed by atoms with Crippen LogP contribution in [0.3, 0.4) is 0 Å². The zero-order chi connectivity index (χ0) is 28.7. The van der Waals surface area contributed by atoms with Crippen LogP contribution >= 0.6 is 0 Å². The van der Waals surface area contributed by atoms with Gasteiger partial charge in [-0.3, -0.25) is 0 Å². The minimum atomic E-state index is -2.90. The molecule has 0 amide bonds. The van der Waals surface area contributed by atoms with Crippen molar-refractivity contribution < 1.29 is 28.6 Å². The van der Waals surface area contributed by atoms with Crippen LogP contribution in [0, 0.1) is 0 Å². The molecule has 206 valence electrons. The summed E-state index contributed by atoms with van der Waals surface area (Å²) in [6.45, 7) is 6.29. The first kappa shape index (κ1) is 30.7. The van der Waals surface area contributed by atoms with E-state index in [1.807, 2.05) is 36.4 Å². The molecule has 0 unspecified atom stereocenters. The van der Waals surface area contributed by atoms with Gasteiger partial charge < -0.3 is 0 Å². The first-order chi connectivity index (χ1) is 19.4. The molecule has 0 saturated carbocycles. The molecule has 7 heteroatoms. The van der Waals surface area contributed by atoms with Crippen molar-refractivity contribution in [3.63, 3.8) is 0 Å². The van der Waals surface area contributed by atoms with Crippen molar-refractivity contribution in [2.24, 2.45) is 0 Å². The normalized spacial score (nSPS) is 11.4. The van der Waals surface area contributed by atoms with Gasteiger partial charge in [0.2, 0.25) is 0 Å². The number of benzene rings is 3. The molecule has 3 rings (SSSR count). The summed E-state index contributed by atoms with van der Waals surface area (Å²) >= 11 is -2.90. The van der Waals surface area contributed by atoms with Crippen LogP contribution in [0.1, 0.15) is 37.5 Å². The van der Waals surface area contributed by atoms with Gasteiger partial charge in [0.05, 0.1) is 0 Å². The Hall–Kier alpha value is -3.83. The van der Waals surface area contributed by atoms with Gasteiger partial charge >= 0.3 is 245 Å². The molecule has 0 saturated heterocycles. The molecule has 0 N–H and O–H groups in total. The number of rotatable bonds is 12. The van der Waals surface area contributed by atoms with Crippen molar-refractivity contribution in [1.29, 1.82) is 0 Å². The van der Waals surface area contributed by atoms with Crippen molar-refractivity contribution in [1.82, 2.24) is 0 Å². The summed E-state index contributed by atoms with van der Waals surface area (Å²) in [6.07, 6.45) is 9.61. The quantitative estimate of drug-likeness (QED) is 0.122. The van der Waals surface area contributed by atoms with Gasteiger partial charge in [-0.15, -0.1) is 0 Å². The van der Waals surface area contributed by atoms with E-state index >= 15 is 0 Å². The molecule has 40 heavy (non-hydrogen) atoms. The third-order valence-corrected chi connectivity index (χ3v) is 14.7. The summed E-state index contributed by atoms with van der Waals surface area (Å²) in [4.78, 5) is 35.6. The van der Waals surface area contributed by atoms with Gasteiger partial charge in [0, 0.05) is 0 Å². The molecule has 0 bridgehead atoms. The molecule has 0 atom stereocenters. The van der Waals surface area contributed by atoms with Crippen molar-refractivity contribution >= 4 is 67.7 Å². The van der Waals surface area contributed by atoms with E-state index in [4.69, 9.17) is 14.2 Å². The standard InChI is InChI=1S/3C11H11O2.Bi/c3*1-2-13-11(12)9-8-10-6-4-3-5-7-10;/h3*3-4,6-9H,2H2,1H3;/b3*9-8+;. The SMILES string of the molecule is CCOC(=O)/C=C/c1ccc[c]([Bi]([c]2cccc(/C=C/C(=O)OCC)c2)[c]2cccc(/C=C/C(=O)OCC)c2)c1. The fraction of sp³-hybridized carbons (Fsp3) is 0.182. The number of hydrogen-bond donors (Lipinski definition) is 0. The molecule has 3 aromatic rings. The van der Waals surface area contributed by atoms with Gasteiger partial charge in [-0.05, 0) is 0 Å². The topological polar surface area (TPSA) is 78.9 Å². The third-order valence-electron chi connectivity index (χ3n) is 5.48. The van der Waals surface area contributed by atoms with Crippen LogP contribution in [-0.4, -0.2) is 59.5 Å². The average molecular weight is 735 g/mol. The summed E-state index contributed by atoms with van der Waals surface area (Å²) in [5.74, 6) is -1.14. The molecule has 3 aromatic carbocycles.